The van der Waals surface area contributed by atoms with Gasteiger partial charge in [0, 0.05) is 11.8 Å². The number of nitrogens with one attached hydrogen (secondary N) is 1. The third-order valence-corrected chi connectivity index (χ3v) is 8.40. The van der Waals surface area contributed by atoms with Gasteiger partial charge < -0.3 is 5.32 Å². The van der Waals surface area contributed by atoms with Crippen LogP contribution in [0.15, 0.2) is 51.1 Å². The van der Waals surface area contributed by atoms with E-state index < -0.39 is 0 Å². The Hall–Kier alpha value is -1.57. The zero-order valence-electron chi connectivity index (χ0n) is 16.3. The lowest BCUT2D eigenvalue weighted by atomic mass is 10.1. The number of fused-ring (bicyclic) bond motifs is 1. The van der Waals surface area contributed by atoms with E-state index in [9.17, 15) is 4.79 Å². The van der Waals surface area contributed by atoms with Crippen molar-refractivity contribution in [2.45, 2.75) is 59.0 Å². The van der Waals surface area contributed by atoms with E-state index >= 15 is 0 Å². The van der Waals surface area contributed by atoms with Gasteiger partial charge in [0.25, 0.3) is 0 Å². The van der Waals surface area contributed by atoms with Crippen LogP contribution in [0.3, 0.4) is 0 Å². The summed E-state index contributed by atoms with van der Waals surface area (Å²) in [4.78, 5) is 12.3. The van der Waals surface area contributed by atoms with Crippen LogP contribution in [-0.2, 0) is 10.5 Å². The van der Waals surface area contributed by atoms with Gasteiger partial charge in [-0.15, -0.1) is 10.2 Å². The van der Waals surface area contributed by atoms with Gasteiger partial charge in [-0.05, 0) is 29.2 Å². The molecule has 4 nitrogen and oxygen atoms in total. The van der Waals surface area contributed by atoms with E-state index in [2.05, 4.69) is 58.0 Å². The Kier molecular flexibility index (Phi) is 7.46. The molecule has 1 amide bonds. The summed E-state index contributed by atoms with van der Waals surface area (Å²) in [6, 6.07) is 15.2. The van der Waals surface area contributed by atoms with Gasteiger partial charge >= 0.3 is 0 Å². The molecule has 3 aromatic rings. The third-order valence-electron chi connectivity index (χ3n) is 5.17. The highest BCUT2D eigenvalue weighted by atomic mass is 32.2. The molecule has 1 aromatic heterocycles. The average molecular weight is 444 g/mol. The normalized spacial score (nSPS) is 15.3. The second-order valence-corrected chi connectivity index (χ2v) is 10.7. The van der Waals surface area contributed by atoms with Crippen molar-refractivity contribution in [2.24, 2.45) is 0 Å². The van der Waals surface area contributed by atoms with E-state index in [0.717, 1.165) is 27.3 Å². The van der Waals surface area contributed by atoms with Crippen molar-refractivity contribution in [1.82, 2.24) is 15.5 Å². The van der Waals surface area contributed by atoms with Gasteiger partial charge in [-0.3, -0.25) is 4.79 Å². The lowest BCUT2D eigenvalue weighted by molar-refractivity contribution is -0.119. The van der Waals surface area contributed by atoms with Gasteiger partial charge in [0.1, 0.15) is 0 Å². The fraction of sp³-hybridized carbons (Fsp3) is 0.409. The quantitative estimate of drug-likeness (QED) is 0.363. The molecule has 152 valence electrons. The summed E-state index contributed by atoms with van der Waals surface area (Å²) in [6.07, 6.45) is 7.28. The van der Waals surface area contributed by atoms with Crippen LogP contribution in [0.5, 0.6) is 0 Å². The van der Waals surface area contributed by atoms with Crippen molar-refractivity contribution in [3.63, 3.8) is 0 Å². The first-order valence-electron chi connectivity index (χ1n) is 10.1. The molecule has 0 spiro atoms. The Morgan fingerprint density at radius 1 is 0.966 bits per heavy atom. The molecule has 29 heavy (non-hydrogen) atoms. The maximum Gasteiger partial charge on any atom is 0.230 e. The molecule has 0 atom stereocenters. The number of carbonyl (C=O) groups is 1. The topological polar surface area (TPSA) is 54.9 Å². The number of thioether (sulfide) groups is 2. The Morgan fingerprint density at radius 3 is 2.52 bits per heavy atom. The number of hydrogen-bond acceptors (Lipinski definition) is 6. The maximum atomic E-state index is 12.3. The number of nitrogens with zero attached hydrogens (tertiary/aromatic N) is 2. The minimum absolute atomic E-state index is 0.113. The van der Waals surface area contributed by atoms with E-state index in [4.69, 9.17) is 0 Å². The number of aromatic nitrogens is 2. The number of rotatable bonds is 7. The van der Waals surface area contributed by atoms with E-state index in [0.29, 0.717) is 11.8 Å². The molecule has 1 saturated carbocycles. The Balaban J connectivity index is 1.26. The first-order valence-corrected chi connectivity index (χ1v) is 12.9. The zero-order valence-corrected chi connectivity index (χ0v) is 18.8. The summed E-state index contributed by atoms with van der Waals surface area (Å²) in [5, 5.41) is 14.3. The molecule has 7 heteroatoms. The molecular weight excluding hydrogens is 418 g/mol. The Bertz CT molecular complexity index is 946. The smallest absolute Gasteiger partial charge is 0.230 e. The first-order chi connectivity index (χ1) is 14.3. The monoisotopic (exact) mass is 443 g/mol. The second kappa shape index (κ2) is 10.5. The van der Waals surface area contributed by atoms with Crippen LogP contribution in [0.2, 0.25) is 0 Å². The average Bonchev–Trinajstić information content (AvgIpc) is 3.05. The number of amides is 1. The molecule has 2 aromatic carbocycles. The summed E-state index contributed by atoms with van der Waals surface area (Å²) in [7, 11) is 0. The molecular formula is C22H25N3OS3. The van der Waals surface area contributed by atoms with Crippen LogP contribution >= 0.6 is 34.9 Å². The molecule has 1 N–H and O–H groups in total. The lowest BCUT2D eigenvalue weighted by Gasteiger charge is -2.15. The maximum absolute atomic E-state index is 12.3. The minimum atomic E-state index is 0.113. The van der Waals surface area contributed by atoms with E-state index in [-0.39, 0.29) is 5.91 Å². The third kappa shape index (κ3) is 5.96. The van der Waals surface area contributed by atoms with Crippen molar-refractivity contribution < 1.29 is 4.79 Å². The zero-order chi connectivity index (χ0) is 19.9. The van der Waals surface area contributed by atoms with Gasteiger partial charge in [0.2, 0.25) is 5.91 Å². The molecule has 1 aliphatic carbocycles. The van der Waals surface area contributed by atoms with Crippen LogP contribution in [0.25, 0.3) is 10.8 Å². The highest BCUT2D eigenvalue weighted by molar-refractivity contribution is 8.03. The summed E-state index contributed by atoms with van der Waals surface area (Å²) in [6.45, 7) is 0. The molecule has 0 radical (unpaired) electrons. The summed E-state index contributed by atoms with van der Waals surface area (Å²) in [5.41, 5.74) is 1.31. The minimum Gasteiger partial charge on any atom is -0.353 e. The van der Waals surface area contributed by atoms with Gasteiger partial charge in [0.15, 0.2) is 8.68 Å². The highest BCUT2D eigenvalue weighted by Crippen LogP contribution is 2.32. The van der Waals surface area contributed by atoms with Crippen LogP contribution < -0.4 is 5.32 Å². The van der Waals surface area contributed by atoms with E-state index in [1.165, 1.54) is 53.8 Å². The molecule has 0 bridgehead atoms. The molecule has 4 rings (SSSR count). The van der Waals surface area contributed by atoms with Crippen molar-refractivity contribution in [1.29, 1.82) is 0 Å². The van der Waals surface area contributed by atoms with Crippen molar-refractivity contribution >= 4 is 51.5 Å². The molecule has 1 aliphatic rings. The number of benzene rings is 2. The lowest BCUT2D eigenvalue weighted by Crippen LogP contribution is -2.35. The predicted octanol–water partition coefficient (Wildman–Crippen LogP) is 5.91. The van der Waals surface area contributed by atoms with Crippen LogP contribution in [-0.4, -0.2) is 27.9 Å². The second-order valence-electron chi connectivity index (χ2n) is 7.31. The van der Waals surface area contributed by atoms with Crippen molar-refractivity contribution in [2.75, 3.05) is 5.75 Å². The highest BCUT2D eigenvalue weighted by Gasteiger charge is 2.15. The SMILES string of the molecule is O=C(CSc1nnc(SCc2cccc3ccccc23)s1)NC1CCCCCC1. The summed E-state index contributed by atoms with van der Waals surface area (Å²) < 4.78 is 1.81. The molecule has 1 heterocycles. The van der Waals surface area contributed by atoms with Gasteiger partial charge in [0.05, 0.1) is 5.75 Å². The van der Waals surface area contributed by atoms with Crippen molar-refractivity contribution in [3.05, 3.63) is 48.0 Å². The standard InChI is InChI=1S/C22H25N3OS3/c26-20(23-18-11-3-1-2-4-12-18)15-28-22-25-24-21(29-22)27-14-17-10-7-9-16-8-5-6-13-19(16)17/h5-10,13,18H,1-4,11-12,14-15H2,(H,23,26). The van der Waals surface area contributed by atoms with Crippen LogP contribution in [0.1, 0.15) is 44.1 Å². The van der Waals surface area contributed by atoms with Crippen LogP contribution in [0, 0.1) is 0 Å². The molecule has 0 saturated heterocycles. The number of hydrogen-bond donors (Lipinski definition) is 1. The summed E-state index contributed by atoms with van der Waals surface area (Å²) in [5.74, 6) is 1.39. The summed E-state index contributed by atoms with van der Waals surface area (Å²) >= 11 is 4.76. The Morgan fingerprint density at radius 2 is 1.69 bits per heavy atom. The van der Waals surface area contributed by atoms with E-state index in [1.54, 1.807) is 23.1 Å². The van der Waals surface area contributed by atoms with Crippen LogP contribution in [0.4, 0.5) is 0 Å². The predicted molar refractivity (Wildman–Crippen MR) is 124 cm³/mol. The largest absolute Gasteiger partial charge is 0.353 e. The molecule has 0 aliphatic heterocycles. The van der Waals surface area contributed by atoms with Gasteiger partial charge in [-0.2, -0.15) is 0 Å². The van der Waals surface area contributed by atoms with Gasteiger partial charge in [-0.1, -0.05) is 103 Å². The molecule has 0 unspecified atom stereocenters. The Labute approximate surface area is 184 Å². The van der Waals surface area contributed by atoms with Crippen molar-refractivity contribution in [3.8, 4) is 0 Å². The fourth-order valence-electron chi connectivity index (χ4n) is 3.69. The van der Waals surface area contributed by atoms with Gasteiger partial charge in [-0.25, -0.2) is 0 Å². The first kappa shape index (κ1) is 20.7. The molecule has 1 fully saturated rings. The fourth-order valence-corrected chi connectivity index (χ4v) is 6.53. The number of carbonyl (C=O) groups excluding carboxylic acids is 1. The van der Waals surface area contributed by atoms with E-state index in [1.807, 2.05) is 0 Å².